The number of hydrogen-bond donors (Lipinski definition) is 1. The second-order valence-electron chi connectivity index (χ2n) is 4.94. The van der Waals surface area contributed by atoms with E-state index in [-0.39, 0.29) is 11.1 Å². The Morgan fingerprint density at radius 2 is 2.26 bits per heavy atom. The molecule has 0 fully saturated rings. The molecule has 0 saturated carbocycles. The van der Waals surface area contributed by atoms with Crippen molar-refractivity contribution >= 4 is 46.0 Å². The van der Waals surface area contributed by atoms with Gasteiger partial charge in [0.2, 0.25) is 0 Å². The molecule has 0 amide bonds. The SMILES string of the molecule is COCCN(C(=S)Nc1ccc(F)c(Cl)c1)[C@H](C)c1cccs1. The Labute approximate surface area is 150 Å². The number of ether oxygens (including phenoxy) is 1. The van der Waals surface area contributed by atoms with Crippen LogP contribution in [0.4, 0.5) is 10.1 Å². The van der Waals surface area contributed by atoms with Gasteiger partial charge in [-0.25, -0.2) is 4.39 Å². The molecule has 1 heterocycles. The second-order valence-corrected chi connectivity index (χ2v) is 6.71. The van der Waals surface area contributed by atoms with Crippen LogP contribution in [-0.2, 0) is 4.74 Å². The third kappa shape index (κ3) is 4.88. The first-order valence-electron chi connectivity index (χ1n) is 7.08. The zero-order chi connectivity index (χ0) is 16.8. The highest BCUT2D eigenvalue weighted by Crippen LogP contribution is 2.26. The van der Waals surface area contributed by atoms with Crippen molar-refractivity contribution in [2.75, 3.05) is 25.6 Å². The minimum atomic E-state index is -0.452. The molecule has 0 aliphatic heterocycles. The molecule has 124 valence electrons. The predicted molar refractivity (Wildman–Crippen MR) is 98.9 cm³/mol. The molecule has 0 spiro atoms. The minimum absolute atomic E-state index is 0.0625. The second kappa shape index (κ2) is 8.59. The van der Waals surface area contributed by atoms with Crippen LogP contribution in [0.2, 0.25) is 5.02 Å². The van der Waals surface area contributed by atoms with E-state index in [0.29, 0.717) is 24.0 Å². The van der Waals surface area contributed by atoms with Crippen LogP contribution in [0.25, 0.3) is 0 Å². The lowest BCUT2D eigenvalue weighted by Gasteiger charge is -2.31. The summed E-state index contributed by atoms with van der Waals surface area (Å²) >= 11 is 13.0. The number of benzene rings is 1. The van der Waals surface area contributed by atoms with Crippen LogP contribution >= 0.6 is 35.2 Å². The number of halogens is 2. The van der Waals surface area contributed by atoms with Crippen LogP contribution in [-0.4, -0.2) is 30.3 Å². The molecule has 3 nitrogen and oxygen atoms in total. The fourth-order valence-corrected chi connectivity index (χ4v) is 3.46. The minimum Gasteiger partial charge on any atom is -0.383 e. The summed E-state index contributed by atoms with van der Waals surface area (Å²) in [4.78, 5) is 3.25. The molecule has 0 saturated heterocycles. The monoisotopic (exact) mass is 372 g/mol. The molecular formula is C16H18ClFN2OS2. The van der Waals surface area contributed by atoms with E-state index in [1.165, 1.54) is 17.0 Å². The van der Waals surface area contributed by atoms with Gasteiger partial charge in [-0.1, -0.05) is 17.7 Å². The fraction of sp³-hybridized carbons (Fsp3) is 0.312. The molecule has 2 aromatic rings. The summed E-state index contributed by atoms with van der Waals surface area (Å²) in [5.41, 5.74) is 0.655. The molecule has 0 unspecified atom stereocenters. The maximum Gasteiger partial charge on any atom is 0.174 e. The molecule has 1 atom stereocenters. The summed E-state index contributed by atoms with van der Waals surface area (Å²) in [6, 6.07) is 8.65. The number of rotatable bonds is 6. The van der Waals surface area contributed by atoms with Crippen molar-refractivity contribution in [3.8, 4) is 0 Å². The molecule has 0 radical (unpaired) electrons. The number of thiocarbonyl (C=S) groups is 1. The lowest BCUT2D eigenvalue weighted by Crippen LogP contribution is -2.38. The van der Waals surface area contributed by atoms with Crippen LogP contribution < -0.4 is 5.32 Å². The number of methoxy groups -OCH3 is 1. The van der Waals surface area contributed by atoms with Crippen molar-refractivity contribution in [3.63, 3.8) is 0 Å². The molecule has 1 aromatic carbocycles. The Balaban J connectivity index is 2.13. The van der Waals surface area contributed by atoms with Gasteiger partial charge in [0.1, 0.15) is 5.82 Å². The average Bonchev–Trinajstić information content (AvgIpc) is 3.05. The van der Waals surface area contributed by atoms with Crippen molar-refractivity contribution in [2.24, 2.45) is 0 Å². The van der Waals surface area contributed by atoms with Gasteiger partial charge in [-0.05, 0) is 48.8 Å². The van der Waals surface area contributed by atoms with Crippen molar-refractivity contribution in [1.29, 1.82) is 0 Å². The molecule has 23 heavy (non-hydrogen) atoms. The molecule has 1 N–H and O–H groups in total. The highest BCUT2D eigenvalue weighted by atomic mass is 35.5. The van der Waals surface area contributed by atoms with Crippen molar-refractivity contribution in [3.05, 3.63) is 51.4 Å². The first-order valence-corrected chi connectivity index (χ1v) is 8.74. The largest absolute Gasteiger partial charge is 0.383 e. The number of nitrogens with zero attached hydrogens (tertiary/aromatic N) is 1. The maximum absolute atomic E-state index is 13.3. The fourth-order valence-electron chi connectivity index (χ4n) is 2.11. The molecular weight excluding hydrogens is 355 g/mol. The van der Waals surface area contributed by atoms with Gasteiger partial charge < -0.3 is 15.0 Å². The van der Waals surface area contributed by atoms with Crippen molar-refractivity contribution in [2.45, 2.75) is 13.0 Å². The molecule has 0 bridgehead atoms. The number of hydrogen-bond acceptors (Lipinski definition) is 3. The summed E-state index contributed by atoms with van der Waals surface area (Å²) in [6.07, 6.45) is 0. The predicted octanol–water partition coefficient (Wildman–Crippen LogP) is 4.95. The standard InChI is InChI=1S/C16H18ClFN2OS2/c1-11(15-4-3-9-23-15)20(7-8-21-2)16(22)19-12-5-6-14(18)13(17)10-12/h3-6,9-11H,7-8H2,1-2H3,(H,19,22)/t11-/m1/s1. The van der Waals surface area contributed by atoms with Gasteiger partial charge in [-0.15, -0.1) is 11.3 Å². The first-order chi connectivity index (χ1) is 11.0. The Morgan fingerprint density at radius 1 is 1.48 bits per heavy atom. The van der Waals surface area contributed by atoms with Crippen molar-refractivity contribution in [1.82, 2.24) is 4.90 Å². The molecule has 7 heteroatoms. The van der Waals surface area contributed by atoms with Crippen LogP contribution in [0.15, 0.2) is 35.7 Å². The van der Waals surface area contributed by atoms with E-state index in [2.05, 4.69) is 18.3 Å². The molecule has 0 aliphatic carbocycles. The normalized spacial score (nSPS) is 12.0. The number of anilines is 1. The zero-order valence-corrected chi connectivity index (χ0v) is 15.3. The molecule has 2 rings (SSSR count). The zero-order valence-electron chi connectivity index (χ0n) is 12.9. The van der Waals surface area contributed by atoms with Gasteiger partial charge >= 0.3 is 0 Å². The molecule has 0 aliphatic rings. The first kappa shape index (κ1) is 18.1. The number of nitrogens with one attached hydrogen (secondary N) is 1. The lowest BCUT2D eigenvalue weighted by atomic mass is 10.2. The third-order valence-corrected chi connectivity index (χ3v) is 5.06. The maximum atomic E-state index is 13.3. The van der Waals surface area contributed by atoms with Crippen LogP contribution in [0, 0.1) is 5.82 Å². The summed E-state index contributed by atoms with van der Waals surface area (Å²) in [7, 11) is 1.66. The summed E-state index contributed by atoms with van der Waals surface area (Å²) in [5, 5.41) is 5.76. The van der Waals surface area contributed by atoms with E-state index in [1.54, 1.807) is 24.5 Å². The van der Waals surface area contributed by atoms with E-state index in [9.17, 15) is 4.39 Å². The Bertz CT molecular complexity index is 652. The van der Waals surface area contributed by atoms with Gasteiger partial charge in [0.15, 0.2) is 5.11 Å². The number of thiophene rings is 1. The van der Waals surface area contributed by atoms with Gasteiger partial charge in [0.25, 0.3) is 0 Å². The summed E-state index contributed by atoms with van der Waals surface area (Å²) < 4.78 is 18.4. The van der Waals surface area contributed by atoms with Crippen LogP contribution in [0.3, 0.4) is 0 Å². The van der Waals surface area contributed by atoms with Crippen LogP contribution in [0.5, 0.6) is 0 Å². The highest BCUT2D eigenvalue weighted by molar-refractivity contribution is 7.80. The van der Waals surface area contributed by atoms with E-state index >= 15 is 0 Å². The highest BCUT2D eigenvalue weighted by Gasteiger charge is 2.19. The average molecular weight is 373 g/mol. The summed E-state index contributed by atoms with van der Waals surface area (Å²) in [5.74, 6) is -0.452. The van der Waals surface area contributed by atoms with Gasteiger partial charge in [-0.2, -0.15) is 0 Å². The van der Waals surface area contributed by atoms with Crippen LogP contribution in [0.1, 0.15) is 17.8 Å². The van der Waals surface area contributed by atoms with E-state index in [0.717, 1.165) is 0 Å². The van der Waals surface area contributed by atoms with E-state index in [1.807, 2.05) is 16.3 Å². The Kier molecular flexibility index (Phi) is 6.77. The summed E-state index contributed by atoms with van der Waals surface area (Å²) in [6.45, 7) is 3.30. The molecule has 1 aromatic heterocycles. The van der Waals surface area contributed by atoms with E-state index in [4.69, 9.17) is 28.6 Å². The van der Waals surface area contributed by atoms with E-state index < -0.39 is 5.82 Å². The quantitative estimate of drug-likeness (QED) is 0.725. The smallest absolute Gasteiger partial charge is 0.174 e. The van der Waals surface area contributed by atoms with Gasteiger partial charge in [0.05, 0.1) is 17.7 Å². The third-order valence-electron chi connectivity index (χ3n) is 3.39. The van der Waals surface area contributed by atoms with Crippen molar-refractivity contribution < 1.29 is 9.13 Å². The Hall–Kier alpha value is -1.21. The van der Waals surface area contributed by atoms with Gasteiger partial charge in [0, 0.05) is 24.2 Å². The van der Waals surface area contributed by atoms with Gasteiger partial charge in [-0.3, -0.25) is 0 Å². The topological polar surface area (TPSA) is 24.5 Å². The Morgan fingerprint density at radius 3 is 2.87 bits per heavy atom. The lowest BCUT2D eigenvalue weighted by molar-refractivity contribution is 0.166.